The highest BCUT2D eigenvalue weighted by Crippen LogP contribution is 2.30. The number of unbranched alkanes of at least 4 members (excludes halogenated alkanes) is 6. The van der Waals surface area contributed by atoms with Crippen molar-refractivity contribution in [1.82, 2.24) is 4.48 Å². The zero-order chi connectivity index (χ0) is 31.4. The van der Waals surface area contributed by atoms with Gasteiger partial charge in [-0.2, -0.15) is 0 Å². The molecule has 0 radical (unpaired) electrons. The van der Waals surface area contributed by atoms with E-state index in [2.05, 4.69) is 40.2 Å². The molecule has 0 aliphatic heterocycles. The number of quaternary nitrogens is 1. The van der Waals surface area contributed by atoms with Gasteiger partial charge >= 0.3 is 5.97 Å². The Balaban J connectivity index is 1.09. The van der Waals surface area contributed by atoms with E-state index in [0.29, 0.717) is 30.8 Å². The Bertz CT molecular complexity index is 1480. The number of furan rings is 1. The number of aryl methyl sites for hydroxylation is 1. The van der Waals surface area contributed by atoms with Crippen molar-refractivity contribution in [3.8, 4) is 5.75 Å². The van der Waals surface area contributed by atoms with Crippen LogP contribution >= 0.6 is 0 Å². The molecule has 0 amide bonds. The lowest BCUT2D eigenvalue weighted by Crippen LogP contribution is -2.34. The van der Waals surface area contributed by atoms with Gasteiger partial charge in [-0.3, -0.25) is 14.1 Å². The number of carbonyl (C=O) groups excluding carboxylic acids is 2. The van der Waals surface area contributed by atoms with Crippen LogP contribution in [0.25, 0.3) is 11.0 Å². The number of carbonyl (C=O) groups is 2. The Morgan fingerprint density at radius 2 is 1.41 bits per heavy atom. The quantitative estimate of drug-likeness (QED) is 0.0496. The molecule has 0 spiro atoms. The molecule has 1 aromatic heterocycles. The van der Waals surface area contributed by atoms with E-state index < -0.39 is 0 Å². The Morgan fingerprint density at radius 1 is 0.750 bits per heavy atom. The molecular formula is C38H48NO5+. The molecule has 0 N–H and O–H groups in total. The summed E-state index contributed by atoms with van der Waals surface area (Å²) in [5.74, 6) is 1.38. The van der Waals surface area contributed by atoms with E-state index in [4.69, 9.17) is 13.9 Å². The largest absolute Gasteiger partial charge is 0.494 e. The minimum absolute atomic E-state index is 0.00675. The first-order valence-corrected chi connectivity index (χ1v) is 16.1. The van der Waals surface area contributed by atoms with Gasteiger partial charge in [0.15, 0.2) is 5.78 Å². The fraction of sp³-hybridized carbons (Fsp3) is 0.421. The Hall–Kier alpha value is -3.90. The Labute approximate surface area is 262 Å². The third-order valence-corrected chi connectivity index (χ3v) is 7.90. The fourth-order valence-electron chi connectivity index (χ4n) is 5.27. The summed E-state index contributed by atoms with van der Waals surface area (Å²) in [6.07, 6.45) is 9.35. The van der Waals surface area contributed by atoms with Gasteiger partial charge in [0, 0.05) is 17.4 Å². The lowest BCUT2D eigenvalue weighted by atomic mass is 9.98. The van der Waals surface area contributed by atoms with Crippen LogP contribution in [-0.4, -0.2) is 46.1 Å². The Morgan fingerprint density at radius 3 is 2.09 bits per heavy atom. The van der Waals surface area contributed by atoms with Crippen LogP contribution < -0.4 is 9.22 Å². The summed E-state index contributed by atoms with van der Waals surface area (Å²) in [5.41, 5.74) is 4.27. The lowest BCUT2D eigenvalue weighted by molar-refractivity contribution is -0.142. The van der Waals surface area contributed by atoms with E-state index in [1.165, 1.54) is 5.69 Å². The van der Waals surface area contributed by atoms with E-state index in [1.54, 1.807) is 0 Å². The second-order valence-electron chi connectivity index (χ2n) is 12.4. The molecule has 0 unspecified atom stereocenters. The minimum Gasteiger partial charge on any atom is -0.494 e. The summed E-state index contributed by atoms with van der Waals surface area (Å²) in [6, 6.07) is 23.4. The summed E-state index contributed by atoms with van der Waals surface area (Å²) in [7, 11) is 6.36. The number of fused-ring (bicyclic) bond motifs is 1. The first-order chi connectivity index (χ1) is 21.3. The zero-order valence-corrected chi connectivity index (χ0v) is 26.9. The summed E-state index contributed by atoms with van der Waals surface area (Å²) in [5, 5.41) is 0.877. The zero-order valence-electron chi connectivity index (χ0n) is 26.9. The molecule has 0 fully saturated rings. The average molecular weight is 599 g/mol. The van der Waals surface area contributed by atoms with E-state index >= 15 is 0 Å². The second kappa shape index (κ2) is 16.2. The molecular weight excluding hydrogens is 550 g/mol. The van der Waals surface area contributed by atoms with E-state index in [0.717, 1.165) is 90.3 Å². The van der Waals surface area contributed by atoms with Gasteiger partial charge < -0.3 is 13.9 Å². The predicted molar refractivity (Wildman–Crippen MR) is 179 cm³/mol. The average Bonchev–Trinajstić information content (AvgIpc) is 3.39. The summed E-state index contributed by atoms with van der Waals surface area (Å²) in [4.78, 5) is 25.6. The van der Waals surface area contributed by atoms with Crippen LogP contribution in [0.5, 0.6) is 5.75 Å². The predicted octanol–water partition coefficient (Wildman–Crippen LogP) is 8.71. The van der Waals surface area contributed by atoms with Gasteiger partial charge in [-0.05, 0) is 67.3 Å². The number of nitrogens with zero attached hydrogens (tertiary/aromatic N) is 1. The van der Waals surface area contributed by atoms with Crippen molar-refractivity contribution in [2.75, 3.05) is 34.4 Å². The smallest absolute Gasteiger partial charge is 0.310 e. The topological polar surface area (TPSA) is 65.7 Å². The van der Waals surface area contributed by atoms with Crippen molar-refractivity contribution in [3.05, 3.63) is 95.2 Å². The summed E-state index contributed by atoms with van der Waals surface area (Å²) < 4.78 is 18.2. The molecule has 0 aliphatic rings. The Kier molecular flexibility index (Phi) is 12.2. The highest BCUT2D eigenvalue weighted by atomic mass is 16.5. The SMILES string of the molecule is CCCCc1oc2ccccc2c1C(=O)c1ccc(OCCCCCCCCOC(=O)Cc2ccc([N+](C)(C)C)cc2)cc1. The summed E-state index contributed by atoms with van der Waals surface area (Å²) >= 11 is 0. The number of benzene rings is 3. The number of hydrogen-bond donors (Lipinski definition) is 0. The molecule has 4 rings (SSSR count). The fourth-order valence-corrected chi connectivity index (χ4v) is 5.27. The third kappa shape index (κ3) is 9.55. The van der Waals surface area contributed by atoms with Crippen LogP contribution in [0.3, 0.4) is 0 Å². The number of para-hydroxylation sites is 1. The molecule has 4 aromatic rings. The van der Waals surface area contributed by atoms with Crippen LogP contribution in [0, 0.1) is 0 Å². The van der Waals surface area contributed by atoms with Gasteiger partial charge in [-0.15, -0.1) is 0 Å². The van der Waals surface area contributed by atoms with Gasteiger partial charge in [0.2, 0.25) is 0 Å². The maximum Gasteiger partial charge on any atom is 0.310 e. The molecule has 3 aromatic carbocycles. The van der Waals surface area contributed by atoms with Crippen LogP contribution in [0.15, 0.2) is 77.2 Å². The van der Waals surface area contributed by atoms with Gasteiger partial charge in [-0.25, -0.2) is 0 Å². The highest BCUT2D eigenvalue weighted by molar-refractivity contribution is 6.16. The monoisotopic (exact) mass is 598 g/mol. The standard InChI is InChI=1S/C38H48NO5/c1-5-6-16-35-37(33-15-11-12-17-34(33)44-35)38(41)30-20-24-32(25-21-30)42-26-13-9-7-8-10-14-27-43-36(40)28-29-18-22-31(23-19-29)39(2,3)4/h11-12,15,17-25H,5-10,13-14,16,26-28H2,1-4H3/q+1. The number of ketones is 1. The van der Waals surface area contributed by atoms with Crippen molar-refractivity contribution in [3.63, 3.8) is 0 Å². The lowest BCUT2D eigenvalue weighted by Gasteiger charge is -2.23. The van der Waals surface area contributed by atoms with Crippen molar-refractivity contribution in [2.45, 2.75) is 71.1 Å². The van der Waals surface area contributed by atoms with Gasteiger partial charge in [0.1, 0.15) is 22.8 Å². The third-order valence-electron chi connectivity index (χ3n) is 7.90. The minimum atomic E-state index is -0.163. The normalized spacial score (nSPS) is 11.5. The number of rotatable bonds is 18. The second-order valence-corrected chi connectivity index (χ2v) is 12.4. The number of hydrogen-bond acceptors (Lipinski definition) is 5. The molecule has 44 heavy (non-hydrogen) atoms. The van der Waals surface area contributed by atoms with Crippen LogP contribution in [0.4, 0.5) is 5.69 Å². The number of ether oxygens (including phenoxy) is 2. The van der Waals surface area contributed by atoms with Crippen molar-refractivity contribution < 1.29 is 23.5 Å². The first-order valence-electron chi connectivity index (χ1n) is 16.1. The van der Waals surface area contributed by atoms with Gasteiger partial charge in [0.25, 0.3) is 0 Å². The van der Waals surface area contributed by atoms with Crippen molar-refractivity contribution >= 4 is 28.4 Å². The van der Waals surface area contributed by atoms with Gasteiger partial charge in [-0.1, -0.05) is 69.4 Å². The molecule has 0 saturated heterocycles. The molecule has 6 nitrogen and oxygen atoms in total. The molecule has 234 valence electrons. The first kappa shape index (κ1) is 33.0. The molecule has 1 heterocycles. The number of esters is 1. The van der Waals surface area contributed by atoms with Crippen LogP contribution in [0.1, 0.15) is 85.5 Å². The summed E-state index contributed by atoms with van der Waals surface area (Å²) in [6.45, 7) is 3.27. The molecule has 0 saturated carbocycles. The van der Waals surface area contributed by atoms with Crippen LogP contribution in [-0.2, 0) is 22.4 Å². The van der Waals surface area contributed by atoms with Gasteiger partial charge in [0.05, 0.1) is 46.3 Å². The highest BCUT2D eigenvalue weighted by Gasteiger charge is 2.21. The maximum atomic E-state index is 13.5. The van der Waals surface area contributed by atoms with Crippen molar-refractivity contribution in [2.24, 2.45) is 0 Å². The van der Waals surface area contributed by atoms with E-state index in [1.807, 2.05) is 60.7 Å². The molecule has 0 atom stereocenters. The van der Waals surface area contributed by atoms with E-state index in [-0.39, 0.29) is 11.8 Å². The maximum absolute atomic E-state index is 13.5. The molecule has 0 bridgehead atoms. The van der Waals surface area contributed by atoms with E-state index in [9.17, 15) is 9.59 Å². The van der Waals surface area contributed by atoms with Crippen molar-refractivity contribution in [1.29, 1.82) is 0 Å². The molecule has 6 heteroatoms. The molecule has 0 aliphatic carbocycles. The van der Waals surface area contributed by atoms with Crippen LogP contribution in [0.2, 0.25) is 0 Å².